The Kier molecular flexibility index (Phi) is 3.31. The van der Waals surface area contributed by atoms with Crippen LogP contribution in [0.15, 0.2) is 12.3 Å². The summed E-state index contributed by atoms with van der Waals surface area (Å²) in [5.74, 6) is 0.261. The Bertz CT molecular complexity index is 329. The Morgan fingerprint density at radius 1 is 1.71 bits per heavy atom. The molecule has 78 valence electrons. The zero-order valence-corrected chi connectivity index (χ0v) is 8.88. The predicted molar refractivity (Wildman–Crippen MR) is 55.1 cm³/mol. The zero-order valence-electron chi connectivity index (χ0n) is 8.12. The molecule has 14 heavy (non-hydrogen) atoms. The molecule has 1 aromatic rings. The third-order valence-corrected chi connectivity index (χ3v) is 2.10. The highest BCUT2D eigenvalue weighted by Gasteiger charge is 2.26. The van der Waals surface area contributed by atoms with Gasteiger partial charge < -0.3 is 15.6 Å². The lowest BCUT2D eigenvalue weighted by molar-refractivity contribution is -0.0204. The van der Waals surface area contributed by atoms with Crippen LogP contribution in [0.2, 0.25) is 5.02 Å². The van der Waals surface area contributed by atoms with Gasteiger partial charge in [-0.25, -0.2) is 4.98 Å². The van der Waals surface area contributed by atoms with Crippen LogP contribution in [-0.4, -0.2) is 23.8 Å². The first kappa shape index (κ1) is 11.2. The summed E-state index contributed by atoms with van der Waals surface area (Å²) >= 11 is 5.75. The number of aliphatic hydroxyl groups is 1. The van der Waals surface area contributed by atoms with Gasteiger partial charge in [0, 0.05) is 18.9 Å². The number of anilines is 1. The highest BCUT2D eigenvalue weighted by molar-refractivity contribution is 6.30. The van der Waals surface area contributed by atoms with Crippen LogP contribution in [0.3, 0.4) is 0 Å². The van der Waals surface area contributed by atoms with Crippen molar-refractivity contribution in [3.8, 4) is 0 Å². The minimum absolute atomic E-state index is 0.138. The molecule has 5 heteroatoms. The Morgan fingerprint density at radius 2 is 2.36 bits per heavy atom. The molecule has 4 nitrogen and oxygen atoms in total. The van der Waals surface area contributed by atoms with E-state index in [0.29, 0.717) is 10.6 Å². The monoisotopic (exact) mass is 216 g/mol. The maximum Gasteiger partial charge on any atom is 0.129 e. The number of pyridine rings is 1. The van der Waals surface area contributed by atoms with Crippen molar-refractivity contribution in [3.63, 3.8) is 0 Å². The molecule has 0 fully saturated rings. The van der Waals surface area contributed by atoms with Gasteiger partial charge in [0.1, 0.15) is 11.4 Å². The van der Waals surface area contributed by atoms with Crippen LogP contribution in [0, 0.1) is 0 Å². The summed E-state index contributed by atoms with van der Waals surface area (Å²) in [5, 5.41) is 10.4. The van der Waals surface area contributed by atoms with Crippen LogP contribution in [0.25, 0.3) is 0 Å². The van der Waals surface area contributed by atoms with Crippen molar-refractivity contribution in [1.82, 2.24) is 4.98 Å². The third kappa shape index (κ3) is 2.35. The van der Waals surface area contributed by atoms with Crippen LogP contribution in [0.5, 0.6) is 0 Å². The molecule has 0 saturated carbocycles. The fraction of sp³-hybridized carbons (Fsp3) is 0.444. The molecule has 3 N–H and O–H groups in total. The largest absolute Gasteiger partial charge is 0.383 e. The molecule has 0 aliphatic carbocycles. The van der Waals surface area contributed by atoms with E-state index in [9.17, 15) is 5.11 Å². The van der Waals surface area contributed by atoms with Crippen molar-refractivity contribution in [2.45, 2.75) is 12.5 Å². The highest BCUT2D eigenvalue weighted by atomic mass is 35.5. The topological polar surface area (TPSA) is 68.4 Å². The van der Waals surface area contributed by atoms with E-state index in [1.807, 2.05) is 0 Å². The smallest absolute Gasteiger partial charge is 0.129 e. The van der Waals surface area contributed by atoms with Gasteiger partial charge in [-0.15, -0.1) is 0 Å². The summed E-state index contributed by atoms with van der Waals surface area (Å²) in [6.07, 6.45) is 1.43. The molecule has 1 unspecified atom stereocenters. The van der Waals surface area contributed by atoms with Crippen molar-refractivity contribution >= 4 is 17.4 Å². The van der Waals surface area contributed by atoms with Gasteiger partial charge in [0.05, 0.1) is 11.6 Å². The molecule has 0 saturated heterocycles. The van der Waals surface area contributed by atoms with Crippen molar-refractivity contribution < 1.29 is 9.84 Å². The molecule has 0 bridgehead atoms. The standard InChI is InChI=1S/C9H13ClN2O2/c1-9(13,5-14-2)7-3-6(10)4-12-8(7)11/h3-4,13H,5H2,1-2H3,(H2,11,12). The average molecular weight is 217 g/mol. The molecule has 1 rings (SSSR count). The van der Waals surface area contributed by atoms with Crippen molar-refractivity contribution in [1.29, 1.82) is 0 Å². The summed E-state index contributed by atoms with van der Waals surface area (Å²) in [7, 11) is 1.50. The molecule has 0 radical (unpaired) electrons. The Labute approximate surface area is 87.7 Å². The summed E-state index contributed by atoms with van der Waals surface area (Å²) in [5.41, 5.74) is 4.93. The van der Waals surface area contributed by atoms with Crippen LogP contribution >= 0.6 is 11.6 Å². The molecule has 0 aliphatic heterocycles. The van der Waals surface area contributed by atoms with Crippen molar-refractivity contribution in [2.24, 2.45) is 0 Å². The first-order valence-corrected chi connectivity index (χ1v) is 4.48. The van der Waals surface area contributed by atoms with Crippen molar-refractivity contribution in [3.05, 3.63) is 22.8 Å². The molecule has 0 spiro atoms. The van der Waals surface area contributed by atoms with E-state index in [1.165, 1.54) is 13.3 Å². The van der Waals surface area contributed by atoms with Gasteiger partial charge in [-0.2, -0.15) is 0 Å². The maximum atomic E-state index is 9.99. The van der Waals surface area contributed by atoms with Gasteiger partial charge in [0.15, 0.2) is 0 Å². The molecule has 1 aromatic heterocycles. The number of nitrogens with two attached hydrogens (primary N) is 1. The first-order chi connectivity index (χ1) is 6.47. The molecular weight excluding hydrogens is 204 g/mol. The number of methoxy groups -OCH3 is 1. The maximum absolute atomic E-state index is 9.99. The van der Waals surface area contributed by atoms with Gasteiger partial charge >= 0.3 is 0 Å². The second-order valence-corrected chi connectivity index (χ2v) is 3.73. The fourth-order valence-electron chi connectivity index (χ4n) is 1.24. The second-order valence-electron chi connectivity index (χ2n) is 3.29. The number of hydrogen-bond acceptors (Lipinski definition) is 4. The van der Waals surface area contributed by atoms with Crippen molar-refractivity contribution in [2.75, 3.05) is 19.5 Å². The van der Waals surface area contributed by atoms with Gasteiger partial charge in [-0.05, 0) is 13.0 Å². The molecule has 0 aliphatic rings. The number of nitrogen functional groups attached to an aromatic ring is 1. The van der Waals surface area contributed by atoms with E-state index in [-0.39, 0.29) is 12.4 Å². The average Bonchev–Trinajstić information content (AvgIpc) is 2.09. The summed E-state index contributed by atoms with van der Waals surface area (Å²) in [6.45, 7) is 1.74. The fourth-order valence-corrected chi connectivity index (χ4v) is 1.40. The second kappa shape index (κ2) is 4.13. The van der Waals surface area contributed by atoms with E-state index in [1.54, 1.807) is 13.0 Å². The number of nitrogens with zero attached hydrogens (tertiary/aromatic N) is 1. The number of aromatic nitrogens is 1. The lowest BCUT2D eigenvalue weighted by atomic mass is 9.98. The number of ether oxygens (including phenoxy) is 1. The molecule has 0 amide bonds. The lowest BCUT2D eigenvalue weighted by Crippen LogP contribution is -2.28. The van der Waals surface area contributed by atoms with Crippen LogP contribution < -0.4 is 5.73 Å². The molecule has 1 atom stereocenters. The third-order valence-electron chi connectivity index (χ3n) is 1.89. The Balaban J connectivity index is 3.10. The van der Waals surface area contributed by atoms with Gasteiger partial charge in [-0.1, -0.05) is 11.6 Å². The highest BCUT2D eigenvalue weighted by Crippen LogP contribution is 2.27. The number of halogens is 1. The minimum Gasteiger partial charge on any atom is -0.383 e. The SMILES string of the molecule is COCC(C)(O)c1cc(Cl)cnc1N. The normalized spacial score (nSPS) is 15.1. The lowest BCUT2D eigenvalue weighted by Gasteiger charge is -2.23. The minimum atomic E-state index is -1.17. The zero-order chi connectivity index (χ0) is 10.8. The number of rotatable bonds is 3. The quantitative estimate of drug-likeness (QED) is 0.796. The van der Waals surface area contributed by atoms with E-state index in [4.69, 9.17) is 22.1 Å². The molecular formula is C9H13ClN2O2. The summed E-state index contributed by atoms with van der Waals surface area (Å²) < 4.78 is 4.88. The summed E-state index contributed by atoms with van der Waals surface area (Å²) in [6, 6.07) is 1.59. The Hall–Kier alpha value is -0.840. The van der Waals surface area contributed by atoms with E-state index < -0.39 is 5.60 Å². The van der Waals surface area contributed by atoms with Crippen LogP contribution in [0.4, 0.5) is 5.82 Å². The molecule has 0 aromatic carbocycles. The van der Waals surface area contributed by atoms with Crippen LogP contribution in [-0.2, 0) is 10.3 Å². The number of hydrogen-bond donors (Lipinski definition) is 2. The van der Waals surface area contributed by atoms with Gasteiger partial charge in [0.25, 0.3) is 0 Å². The van der Waals surface area contributed by atoms with E-state index in [2.05, 4.69) is 4.98 Å². The first-order valence-electron chi connectivity index (χ1n) is 4.10. The van der Waals surface area contributed by atoms with E-state index >= 15 is 0 Å². The Morgan fingerprint density at radius 3 is 2.93 bits per heavy atom. The van der Waals surface area contributed by atoms with Gasteiger partial charge in [0.2, 0.25) is 0 Å². The summed E-state index contributed by atoms with van der Waals surface area (Å²) in [4.78, 5) is 3.86. The van der Waals surface area contributed by atoms with Gasteiger partial charge in [-0.3, -0.25) is 0 Å². The van der Waals surface area contributed by atoms with E-state index in [0.717, 1.165) is 0 Å². The van der Waals surface area contributed by atoms with Crippen LogP contribution in [0.1, 0.15) is 12.5 Å². The predicted octanol–water partition coefficient (Wildman–Crippen LogP) is 1.17. The molecule has 1 heterocycles.